The molecule has 32 heavy (non-hydrogen) atoms. The van der Waals surface area contributed by atoms with Gasteiger partial charge in [-0.15, -0.1) is 11.3 Å². The molecule has 0 spiro atoms. The van der Waals surface area contributed by atoms with Crippen LogP contribution in [-0.4, -0.2) is 25.7 Å². The van der Waals surface area contributed by atoms with Crippen LogP contribution >= 0.6 is 11.3 Å². The molecule has 0 unspecified atom stereocenters. The van der Waals surface area contributed by atoms with Gasteiger partial charge in [0, 0.05) is 29.0 Å². The SMILES string of the molecule is Cc1nc(NC(=O)c2cc(C3CC3)nc3c2cnn3C(C)C)sc1Cc1ccccc1F. The van der Waals surface area contributed by atoms with Gasteiger partial charge in [-0.25, -0.2) is 19.0 Å². The van der Waals surface area contributed by atoms with Crippen molar-refractivity contribution in [1.82, 2.24) is 19.7 Å². The smallest absolute Gasteiger partial charge is 0.258 e. The predicted molar refractivity (Wildman–Crippen MR) is 124 cm³/mol. The molecule has 0 radical (unpaired) electrons. The van der Waals surface area contributed by atoms with Crippen molar-refractivity contribution < 1.29 is 9.18 Å². The van der Waals surface area contributed by atoms with Crippen LogP contribution in [0.5, 0.6) is 0 Å². The molecule has 1 amide bonds. The lowest BCUT2D eigenvalue weighted by atomic mass is 10.1. The number of nitrogens with one attached hydrogen (secondary N) is 1. The number of fused-ring (bicyclic) bond motifs is 1. The first-order valence-corrected chi connectivity index (χ1v) is 11.6. The van der Waals surface area contributed by atoms with E-state index in [2.05, 4.69) is 15.4 Å². The molecule has 1 aromatic carbocycles. The third kappa shape index (κ3) is 3.90. The topological polar surface area (TPSA) is 72.7 Å². The van der Waals surface area contributed by atoms with Crippen molar-refractivity contribution in [2.24, 2.45) is 0 Å². The molecule has 8 heteroatoms. The molecular formula is C24H24FN5OS. The molecule has 1 aliphatic rings. The van der Waals surface area contributed by atoms with Crippen LogP contribution < -0.4 is 5.32 Å². The maximum Gasteiger partial charge on any atom is 0.258 e. The van der Waals surface area contributed by atoms with Crippen LogP contribution in [0.15, 0.2) is 36.5 Å². The van der Waals surface area contributed by atoms with Crippen LogP contribution in [0.2, 0.25) is 0 Å². The van der Waals surface area contributed by atoms with Gasteiger partial charge >= 0.3 is 0 Å². The number of hydrogen-bond acceptors (Lipinski definition) is 5. The molecular weight excluding hydrogens is 425 g/mol. The average molecular weight is 450 g/mol. The van der Waals surface area contributed by atoms with E-state index in [-0.39, 0.29) is 17.8 Å². The second-order valence-electron chi connectivity index (χ2n) is 8.54. The fourth-order valence-electron chi connectivity index (χ4n) is 3.82. The molecule has 0 aliphatic heterocycles. The van der Waals surface area contributed by atoms with Gasteiger partial charge in [0.15, 0.2) is 10.8 Å². The number of nitrogens with zero attached hydrogens (tertiary/aromatic N) is 4. The van der Waals surface area contributed by atoms with Crippen molar-refractivity contribution in [3.8, 4) is 0 Å². The van der Waals surface area contributed by atoms with Crippen molar-refractivity contribution in [3.63, 3.8) is 0 Å². The zero-order valence-corrected chi connectivity index (χ0v) is 19.0. The zero-order chi connectivity index (χ0) is 22.4. The van der Waals surface area contributed by atoms with E-state index in [9.17, 15) is 9.18 Å². The summed E-state index contributed by atoms with van der Waals surface area (Å²) in [5, 5.41) is 8.66. The summed E-state index contributed by atoms with van der Waals surface area (Å²) in [7, 11) is 0. The third-order valence-corrected chi connectivity index (χ3v) is 6.81. The van der Waals surface area contributed by atoms with Gasteiger partial charge in [0.2, 0.25) is 0 Å². The van der Waals surface area contributed by atoms with E-state index in [1.807, 2.05) is 37.6 Å². The number of halogens is 1. The highest BCUT2D eigenvalue weighted by molar-refractivity contribution is 7.15. The second kappa shape index (κ2) is 8.09. The van der Waals surface area contributed by atoms with Gasteiger partial charge < -0.3 is 0 Å². The molecule has 1 N–H and O–H groups in total. The highest BCUT2D eigenvalue weighted by atomic mass is 32.1. The van der Waals surface area contributed by atoms with E-state index >= 15 is 0 Å². The van der Waals surface area contributed by atoms with E-state index in [0.717, 1.165) is 40.1 Å². The maximum atomic E-state index is 14.1. The van der Waals surface area contributed by atoms with Crippen molar-refractivity contribution in [2.75, 3.05) is 5.32 Å². The van der Waals surface area contributed by atoms with Gasteiger partial charge in [0.05, 0.1) is 22.8 Å². The predicted octanol–water partition coefficient (Wildman–Crippen LogP) is 5.64. The molecule has 3 heterocycles. The zero-order valence-electron chi connectivity index (χ0n) is 18.2. The largest absolute Gasteiger partial charge is 0.298 e. The normalized spacial score (nSPS) is 13.8. The monoisotopic (exact) mass is 449 g/mol. The molecule has 6 nitrogen and oxygen atoms in total. The summed E-state index contributed by atoms with van der Waals surface area (Å²) in [6.07, 6.45) is 4.35. The number of amides is 1. The molecule has 1 fully saturated rings. The number of carbonyl (C=O) groups excluding carboxylic acids is 1. The van der Waals surface area contributed by atoms with E-state index < -0.39 is 0 Å². The Morgan fingerprint density at radius 1 is 1.28 bits per heavy atom. The highest BCUT2D eigenvalue weighted by Gasteiger charge is 2.28. The summed E-state index contributed by atoms with van der Waals surface area (Å²) in [6, 6.07) is 8.76. The lowest BCUT2D eigenvalue weighted by molar-refractivity contribution is 0.102. The van der Waals surface area contributed by atoms with E-state index in [1.54, 1.807) is 18.3 Å². The Morgan fingerprint density at radius 2 is 2.06 bits per heavy atom. The van der Waals surface area contributed by atoms with Crippen molar-refractivity contribution in [3.05, 3.63) is 69.7 Å². The molecule has 3 aromatic heterocycles. The minimum atomic E-state index is -0.236. The molecule has 0 bridgehead atoms. The van der Waals surface area contributed by atoms with Crippen LogP contribution in [-0.2, 0) is 6.42 Å². The highest BCUT2D eigenvalue weighted by Crippen LogP contribution is 2.40. The lowest BCUT2D eigenvalue weighted by Gasteiger charge is -2.10. The Balaban J connectivity index is 1.45. The lowest BCUT2D eigenvalue weighted by Crippen LogP contribution is -2.13. The van der Waals surface area contributed by atoms with E-state index in [4.69, 9.17) is 4.98 Å². The van der Waals surface area contributed by atoms with Gasteiger partial charge in [-0.3, -0.25) is 10.1 Å². The van der Waals surface area contributed by atoms with Crippen LogP contribution in [0, 0.1) is 12.7 Å². The van der Waals surface area contributed by atoms with Crippen LogP contribution in [0.25, 0.3) is 11.0 Å². The molecule has 164 valence electrons. The van der Waals surface area contributed by atoms with Crippen molar-refractivity contribution in [2.45, 2.75) is 52.0 Å². The first-order chi connectivity index (χ1) is 15.4. The number of carbonyl (C=O) groups is 1. The summed E-state index contributed by atoms with van der Waals surface area (Å²) in [6.45, 7) is 5.98. The Morgan fingerprint density at radius 3 is 2.78 bits per heavy atom. The summed E-state index contributed by atoms with van der Waals surface area (Å²) >= 11 is 1.38. The molecule has 0 saturated heterocycles. The molecule has 1 aliphatic carbocycles. The Kier molecular flexibility index (Phi) is 5.25. The van der Waals surface area contributed by atoms with Crippen LogP contribution in [0.1, 0.15) is 70.8 Å². The minimum absolute atomic E-state index is 0.146. The molecule has 0 atom stereocenters. The van der Waals surface area contributed by atoms with E-state index in [1.165, 1.54) is 17.4 Å². The minimum Gasteiger partial charge on any atom is -0.298 e. The number of aromatic nitrogens is 4. The number of hydrogen-bond donors (Lipinski definition) is 1. The van der Waals surface area contributed by atoms with Crippen LogP contribution in [0.4, 0.5) is 9.52 Å². The first kappa shape index (κ1) is 20.8. The second-order valence-corrected chi connectivity index (χ2v) is 9.62. The number of benzene rings is 1. The first-order valence-electron chi connectivity index (χ1n) is 10.8. The standard InChI is InChI=1S/C24H24FN5OS/c1-13(2)30-22-18(12-26-30)17(11-20(28-22)15-8-9-15)23(31)29-24-27-14(3)21(32-24)10-16-6-4-5-7-19(16)25/h4-7,11-13,15H,8-10H2,1-3H3,(H,27,29,31). The number of pyridine rings is 1. The Bertz CT molecular complexity index is 1320. The fourth-order valence-corrected chi connectivity index (χ4v) is 4.80. The summed E-state index contributed by atoms with van der Waals surface area (Å²) in [5.41, 5.74) is 3.65. The van der Waals surface area contributed by atoms with Gasteiger partial charge in [-0.05, 0) is 51.3 Å². The van der Waals surface area contributed by atoms with E-state index in [0.29, 0.717) is 28.6 Å². The maximum absolute atomic E-state index is 14.1. The van der Waals surface area contributed by atoms with Gasteiger partial charge in [-0.2, -0.15) is 5.10 Å². The Hall–Kier alpha value is -3.13. The number of rotatable bonds is 6. The molecule has 5 rings (SSSR count). The van der Waals surface area contributed by atoms with Gasteiger partial charge in [-0.1, -0.05) is 18.2 Å². The fraction of sp³-hybridized carbons (Fsp3) is 0.333. The van der Waals surface area contributed by atoms with Crippen LogP contribution in [0.3, 0.4) is 0 Å². The number of aryl methyl sites for hydroxylation is 1. The average Bonchev–Trinajstić information content (AvgIpc) is 3.43. The summed E-state index contributed by atoms with van der Waals surface area (Å²) < 4.78 is 15.9. The Labute approximate surface area is 189 Å². The van der Waals surface area contributed by atoms with Crippen molar-refractivity contribution >= 4 is 33.4 Å². The molecule has 1 saturated carbocycles. The van der Waals surface area contributed by atoms with Gasteiger partial charge in [0.25, 0.3) is 5.91 Å². The number of anilines is 1. The summed E-state index contributed by atoms with van der Waals surface area (Å²) in [5.74, 6) is -0.0513. The van der Waals surface area contributed by atoms with Crippen molar-refractivity contribution in [1.29, 1.82) is 0 Å². The summed E-state index contributed by atoms with van der Waals surface area (Å²) in [4.78, 5) is 23.5. The number of thiazole rings is 1. The third-order valence-electron chi connectivity index (χ3n) is 5.74. The van der Waals surface area contributed by atoms with Gasteiger partial charge in [0.1, 0.15) is 5.82 Å². The quantitative estimate of drug-likeness (QED) is 0.414. The molecule has 4 aromatic rings.